The molecule has 0 saturated carbocycles. The van der Waals surface area contributed by atoms with Crippen LogP contribution < -0.4 is 4.90 Å². The summed E-state index contributed by atoms with van der Waals surface area (Å²) in [6.07, 6.45) is 3.22. The van der Waals surface area contributed by atoms with E-state index in [0.29, 0.717) is 30.7 Å². The highest BCUT2D eigenvalue weighted by Gasteiger charge is 2.47. The van der Waals surface area contributed by atoms with Crippen molar-refractivity contribution in [2.75, 3.05) is 11.5 Å². The van der Waals surface area contributed by atoms with E-state index >= 15 is 0 Å². The molecule has 1 unspecified atom stereocenters. The zero-order chi connectivity index (χ0) is 22.5. The van der Waals surface area contributed by atoms with Crippen molar-refractivity contribution in [2.45, 2.75) is 37.6 Å². The predicted octanol–water partition coefficient (Wildman–Crippen LogP) is 2.52. The number of rotatable bonds is 5. The second-order valence-corrected chi connectivity index (χ2v) is 8.38. The summed E-state index contributed by atoms with van der Waals surface area (Å²) in [7, 11) is 0. The molecule has 2 aromatic carbocycles. The Balaban J connectivity index is 1.25. The third-order valence-electron chi connectivity index (χ3n) is 6.37. The summed E-state index contributed by atoms with van der Waals surface area (Å²) < 4.78 is 22.1. The van der Waals surface area contributed by atoms with Gasteiger partial charge in [0.05, 0.1) is 36.8 Å². The molecule has 0 radical (unpaired) electrons. The third-order valence-corrected chi connectivity index (χ3v) is 6.37. The number of hydrogen-bond donors (Lipinski definition) is 1. The Morgan fingerprint density at radius 3 is 2.76 bits per heavy atom. The third kappa shape index (κ3) is 3.34. The van der Waals surface area contributed by atoms with Gasteiger partial charge in [-0.05, 0) is 47.4 Å². The number of benzene rings is 2. The largest absolute Gasteiger partial charge is 0.442 e. The standard InChI is InChI=1S/C23H20FN5O4/c24-18-8-14(1-3-17(18)19-10-16(12-30)33-26-19)13-2-4-20-15(7-13)9-21-22(32-23(31)29(20)21)11-28-6-5-25-27-28/h1-8,16,21-22,30H,9-12H2/t16?,21-,22-/m0/s1. The van der Waals surface area contributed by atoms with Crippen LogP contribution in [0.15, 0.2) is 53.9 Å². The number of aliphatic hydroxyl groups excluding tert-OH is 1. The van der Waals surface area contributed by atoms with Crippen LogP contribution in [0.5, 0.6) is 0 Å². The molecule has 33 heavy (non-hydrogen) atoms. The maximum absolute atomic E-state index is 14.9. The number of fused-ring (bicyclic) bond motifs is 3. The number of halogens is 1. The zero-order valence-corrected chi connectivity index (χ0v) is 17.5. The van der Waals surface area contributed by atoms with E-state index in [4.69, 9.17) is 9.57 Å². The minimum atomic E-state index is -0.426. The molecule has 9 nitrogen and oxygen atoms in total. The van der Waals surface area contributed by atoms with Gasteiger partial charge in [-0.25, -0.2) is 13.9 Å². The van der Waals surface area contributed by atoms with Crippen LogP contribution in [-0.4, -0.2) is 56.8 Å². The van der Waals surface area contributed by atoms with Crippen molar-refractivity contribution in [3.8, 4) is 11.1 Å². The number of amides is 1. The molecule has 0 bridgehead atoms. The van der Waals surface area contributed by atoms with Crippen molar-refractivity contribution in [1.82, 2.24) is 15.0 Å². The molecule has 168 valence electrons. The average Bonchev–Trinajstić information content (AvgIpc) is 3.60. The highest BCUT2D eigenvalue weighted by atomic mass is 19.1. The molecule has 6 rings (SSSR count). The summed E-state index contributed by atoms with van der Waals surface area (Å²) in [6.45, 7) is 0.276. The topological polar surface area (TPSA) is 102 Å². The quantitative estimate of drug-likeness (QED) is 0.642. The molecule has 0 spiro atoms. The minimum Gasteiger partial charge on any atom is -0.442 e. The second-order valence-electron chi connectivity index (χ2n) is 8.38. The number of ether oxygens (including phenoxy) is 1. The van der Waals surface area contributed by atoms with Gasteiger partial charge in [0, 0.05) is 18.2 Å². The van der Waals surface area contributed by atoms with Crippen LogP contribution in [0.25, 0.3) is 11.1 Å². The van der Waals surface area contributed by atoms with Gasteiger partial charge in [-0.3, -0.25) is 4.90 Å². The highest BCUT2D eigenvalue weighted by molar-refractivity contribution is 6.02. The average molecular weight is 449 g/mol. The molecule has 3 atom stereocenters. The Bertz CT molecular complexity index is 1260. The van der Waals surface area contributed by atoms with Gasteiger partial charge in [0.1, 0.15) is 11.9 Å². The lowest BCUT2D eigenvalue weighted by Crippen LogP contribution is -2.35. The Morgan fingerprint density at radius 1 is 1.15 bits per heavy atom. The van der Waals surface area contributed by atoms with Crippen LogP contribution in [-0.2, 0) is 22.5 Å². The van der Waals surface area contributed by atoms with Crippen LogP contribution >= 0.6 is 0 Å². The molecule has 1 amide bonds. The first-order chi connectivity index (χ1) is 16.1. The lowest BCUT2D eigenvalue weighted by molar-refractivity contribution is 0.0390. The summed E-state index contributed by atoms with van der Waals surface area (Å²) in [4.78, 5) is 19.3. The van der Waals surface area contributed by atoms with E-state index in [1.807, 2.05) is 24.3 Å². The first-order valence-electron chi connectivity index (χ1n) is 10.7. The van der Waals surface area contributed by atoms with Crippen LogP contribution in [0.3, 0.4) is 0 Å². The molecule has 3 aromatic rings. The van der Waals surface area contributed by atoms with Crippen molar-refractivity contribution in [2.24, 2.45) is 5.16 Å². The summed E-state index contributed by atoms with van der Waals surface area (Å²) in [5.74, 6) is -0.397. The molecule has 1 N–H and O–H groups in total. The van der Waals surface area contributed by atoms with Crippen molar-refractivity contribution >= 4 is 17.5 Å². The number of cyclic esters (lactones) is 1. The van der Waals surface area contributed by atoms with E-state index in [1.165, 1.54) is 6.07 Å². The van der Waals surface area contributed by atoms with E-state index in [9.17, 15) is 14.3 Å². The van der Waals surface area contributed by atoms with Crippen LogP contribution in [0.2, 0.25) is 0 Å². The van der Waals surface area contributed by atoms with Gasteiger partial charge < -0.3 is 14.7 Å². The number of oxime groups is 1. The Morgan fingerprint density at radius 2 is 2.00 bits per heavy atom. The number of aliphatic hydroxyl groups is 1. The van der Waals surface area contributed by atoms with E-state index in [0.717, 1.165) is 22.4 Å². The first-order valence-corrected chi connectivity index (χ1v) is 10.7. The van der Waals surface area contributed by atoms with Gasteiger partial charge in [-0.1, -0.05) is 22.5 Å². The van der Waals surface area contributed by atoms with Crippen LogP contribution in [0, 0.1) is 5.82 Å². The van der Waals surface area contributed by atoms with Gasteiger partial charge in [-0.15, -0.1) is 5.10 Å². The monoisotopic (exact) mass is 449 g/mol. The summed E-state index contributed by atoms with van der Waals surface area (Å²) >= 11 is 0. The van der Waals surface area contributed by atoms with E-state index < -0.39 is 11.9 Å². The molecular weight excluding hydrogens is 429 g/mol. The molecule has 3 aliphatic heterocycles. The summed E-state index contributed by atoms with van der Waals surface area (Å²) in [5, 5.41) is 20.9. The van der Waals surface area contributed by atoms with Gasteiger partial charge in [0.15, 0.2) is 6.10 Å². The molecule has 4 heterocycles. The fourth-order valence-corrected chi connectivity index (χ4v) is 4.74. The molecule has 1 saturated heterocycles. The fraction of sp³-hybridized carbons (Fsp3) is 0.304. The lowest BCUT2D eigenvalue weighted by Gasteiger charge is -2.16. The Hall–Kier alpha value is -3.79. The molecular formula is C23H20FN5O4. The SMILES string of the molecule is O=C1O[C@@H](Cn2ccnn2)[C@@H]2Cc3cc(-c4ccc(C5=NOC(CO)C5)c(F)c4)ccc3N12. The summed E-state index contributed by atoms with van der Waals surface area (Å²) in [5.41, 5.74) is 4.28. The van der Waals surface area contributed by atoms with Crippen molar-refractivity contribution in [3.05, 3.63) is 65.7 Å². The fourth-order valence-electron chi connectivity index (χ4n) is 4.74. The number of anilines is 1. The lowest BCUT2D eigenvalue weighted by atomic mass is 9.97. The first kappa shape index (κ1) is 19.9. The molecule has 10 heteroatoms. The normalized spacial score (nSPS) is 23.2. The Labute approximate surface area is 188 Å². The zero-order valence-electron chi connectivity index (χ0n) is 17.5. The maximum Gasteiger partial charge on any atom is 0.415 e. The molecule has 3 aliphatic rings. The summed E-state index contributed by atoms with van der Waals surface area (Å²) in [6, 6.07) is 10.6. The van der Waals surface area contributed by atoms with Crippen LogP contribution in [0.4, 0.5) is 14.9 Å². The van der Waals surface area contributed by atoms with Gasteiger partial charge >= 0.3 is 6.09 Å². The Kier molecular flexibility index (Phi) is 4.61. The van der Waals surface area contributed by atoms with Crippen molar-refractivity contribution < 1.29 is 23.9 Å². The molecule has 1 fully saturated rings. The van der Waals surface area contributed by atoms with Gasteiger partial charge in [0.25, 0.3) is 0 Å². The minimum absolute atomic E-state index is 0.120. The predicted molar refractivity (Wildman–Crippen MR) is 115 cm³/mol. The van der Waals surface area contributed by atoms with Crippen molar-refractivity contribution in [3.63, 3.8) is 0 Å². The second kappa shape index (κ2) is 7.66. The van der Waals surface area contributed by atoms with E-state index in [1.54, 1.807) is 28.0 Å². The van der Waals surface area contributed by atoms with Gasteiger partial charge in [-0.2, -0.15) is 0 Å². The number of hydrogen-bond acceptors (Lipinski definition) is 7. The van der Waals surface area contributed by atoms with Crippen molar-refractivity contribution in [1.29, 1.82) is 0 Å². The number of carbonyl (C=O) groups is 1. The number of carbonyl (C=O) groups excluding carboxylic acids is 1. The smallest absolute Gasteiger partial charge is 0.415 e. The molecule has 1 aromatic heterocycles. The maximum atomic E-state index is 14.9. The van der Waals surface area contributed by atoms with Crippen LogP contribution in [0.1, 0.15) is 17.5 Å². The highest BCUT2D eigenvalue weighted by Crippen LogP contribution is 2.41. The van der Waals surface area contributed by atoms with E-state index in [-0.39, 0.29) is 24.8 Å². The van der Waals surface area contributed by atoms with E-state index in [2.05, 4.69) is 15.5 Å². The van der Waals surface area contributed by atoms with Gasteiger partial charge in [0.2, 0.25) is 0 Å². The molecule has 0 aliphatic carbocycles. The number of nitrogens with zero attached hydrogens (tertiary/aromatic N) is 5. The number of aromatic nitrogens is 3.